The summed E-state index contributed by atoms with van der Waals surface area (Å²) in [6, 6.07) is 7.50. The Morgan fingerprint density at radius 3 is 2.42 bits per heavy atom. The third-order valence-electron chi connectivity index (χ3n) is 2.92. The summed E-state index contributed by atoms with van der Waals surface area (Å²) in [6.07, 6.45) is 1.90. The fourth-order valence-electron chi connectivity index (χ4n) is 1.69. The third-order valence-corrected chi connectivity index (χ3v) is 2.92. The van der Waals surface area contributed by atoms with Gasteiger partial charge in [0.25, 0.3) is 0 Å². The molecule has 2 N–H and O–H groups in total. The average Bonchev–Trinajstić information content (AvgIpc) is 2.45. The largest absolute Gasteiger partial charge is 0.396 e. The Hall–Kier alpha value is -1.68. The second kappa shape index (κ2) is 8.43. The molecule has 104 valence electrons. The first kappa shape index (κ1) is 15.4. The predicted octanol–water partition coefficient (Wildman–Crippen LogP) is 1.71. The fraction of sp³-hybridized carbons (Fsp3) is 0.467. The van der Waals surface area contributed by atoms with Crippen LogP contribution in [0.25, 0.3) is 0 Å². The molecule has 0 spiro atoms. The molecule has 0 aliphatic rings. The van der Waals surface area contributed by atoms with Crippen LogP contribution in [0.15, 0.2) is 24.3 Å². The van der Waals surface area contributed by atoms with E-state index in [0.717, 1.165) is 6.42 Å². The van der Waals surface area contributed by atoms with Crippen LogP contribution in [0.5, 0.6) is 0 Å². The Kier molecular flexibility index (Phi) is 6.82. The van der Waals surface area contributed by atoms with Gasteiger partial charge in [-0.25, -0.2) is 0 Å². The smallest absolute Gasteiger partial charge is 0.220 e. The van der Waals surface area contributed by atoms with Crippen molar-refractivity contribution in [2.75, 3.05) is 13.2 Å². The lowest BCUT2D eigenvalue weighted by Gasteiger charge is -2.04. The first-order valence-corrected chi connectivity index (χ1v) is 6.67. The maximum absolute atomic E-state index is 11.9. The van der Waals surface area contributed by atoms with Crippen LogP contribution in [-0.4, -0.2) is 29.9 Å². The van der Waals surface area contributed by atoms with Crippen molar-refractivity contribution in [3.8, 4) is 0 Å². The number of Topliss-reactive ketones (excluding diaryl/α,β-unsaturated/α-hetero) is 1. The van der Waals surface area contributed by atoms with Crippen molar-refractivity contribution in [1.82, 2.24) is 5.32 Å². The summed E-state index contributed by atoms with van der Waals surface area (Å²) in [5.74, 6) is -0.160. The molecule has 19 heavy (non-hydrogen) atoms. The van der Waals surface area contributed by atoms with Crippen molar-refractivity contribution >= 4 is 11.7 Å². The van der Waals surface area contributed by atoms with Crippen LogP contribution in [0.2, 0.25) is 0 Å². The van der Waals surface area contributed by atoms with E-state index in [0.29, 0.717) is 18.5 Å². The summed E-state index contributed by atoms with van der Waals surface area (Å²) in [6.45, 7) is 2.57. The highest BCUT2D eigenvalue weighted by molar-refractivity contribution is 5.97. The molecule has 0 heterocycles. The van der Waals surface area contributed by atoms with Crippen LogP contribution in [0.3, 0.4) is 0 Å². The number of aliphatic hydroxyl groups is 1. The number of aryl methyl sites for hydroxylation is 1. The summed E-state index contributed by atoms with van der Waals surface area (Å²) in [5, 5.41) is 11.2. The summed E-state index contributed by atoms with van der Waals surface area (Å²) in [7, 11) is 0. The number of aliphatic hydroxyl groups excluding tert-OH is 1. The zero-order valence-electron chi connectivity index (χ0n) is 11.3. The number of hydrogen-bond donors (Lipinski definition) is 2. The molecule has 0 fully saturated rings. The summed E-state index contributed by atoms with van der Waals surface area (Å²) < 4.78 is 0. The first-order valence-electron chi connectivity index (χ1n) is 6.67. The van der Waals surface area contributed by atoms with Gasteiger partial charge in [0.1, 0.15) is 0 Å². The zero-order chi connectivity index (χ0) is 14.1. The Morgan fingerprint density at radius 2 is 1.84 bits per heavy atom. The minimum absolute atomic E-state index is 0.0139. The van der Waals surface area contributed by atoms with Crippen LogP contribution in [0, 0.1) is 0 Å². The molecule has 0 radical (unpaired) electrons. The third kappa shape index (κ3) is 5.66. The van der Waals surface area contributed by atoms with E-state index >= 15 is 0 Å². The van der Waals surface area contributed by atoms with Crippen LogP contribution >= 0.6 is 0 Å². The Labute approximate surface area is 113 Å². The van der Waals surface area contributed by atoms with Gasteiger partial charge >= 0.3 is 0 Å². The maximum Gasteiger partial charge on any atom is 0.220 e. The lowest BCUT2D eigenvalue weighted by molar-refractivity contribution is -0.121. The topological polar surface area (TPSA) is 66.4 Å². The SMILES string of the molecule is CCc1ccc(C(=O)CCC(=O)NCCCO)cc1. The van der Waals surface area contributed by atoms with Gasteiger partial charge in [0.15, 0.2) is 5.78 Å². The molecule has 0 aliphatic carbocycles. The van der Waals surface area contributed by atoms with Crippen molar-refractivity contribution < 1.29 is 14.7 Å². The van der Waals surface area contributed by atoms with E-state index in [-0.39, 0.29) is 31.1 Å². The van der Waals surface area contributed by atoms with Gasteiger partial charge in [0.05, 0.1) is 0 Å². The second-order valence-electron chi connectivity index (χ2n) is 4.40. The van der Waals surface area contributed by atoms with Crippen molar-refractivity contribution in [3.63, 3.8) is 0 Å². The first-order chi connectivity index (χ1) is 9.17. The van der Waals surface area contributed by atoms with Crippen LogP contribution < -0.4 is 5.32 Å². The van der Waals surface area contributed by atoms with Crippen molar-refractivity contribution in [3.05, 3.63) is 35.4 Å². The molecule has 1 aromatic carbocycles. The van der Waals surface area contributed by atoms with E-state index < -0.39 is 0 Å². The highest BCUT2D eigenvalue weighted by atomic mass is 16.3. The molecule has 0 aliphatic heterocycles. The monoisotopic (exact) mass is 263 g/mol. The lowest BCUT2D eigenvalue weighted by Crippen LogP contribution is -2.25. The van der Waals surface area contributed by atoms with E-state index in [2.05, 4.69) is 12.2 Å². The van der Waals surface area contributed by atoms with Crippen molar-refractivity contribution in [1.29, 1.82) is 0 Å². The predicted molar refractivity (Wildman–Crippen MR) is 74.1 cm³/mol. The maximum atomic E-state index is 11.9. The number of benzene rings is 1. The van der Waals surface area contributed by atoms with Gasteiger partial charge in [0.2, 0.25) is 5.91 Å². The molecule has 4 nitrogen and oxygen atoms in total. The van der Waals surface area contributed by atoms with Gasteiger partial charge < -0.3 is 10.4 Å². The van der Waals surface area contributed by atoms with E-state index in [4.69, 9.17) is 5.11 Å². The zero-order valence-corrected chi connectivity index (χ0v) is 11.3. The highest BCUT2D eigenvalue weighted by Gasteiger charge is 2.08. The number of carbonyl (C=O) groups excluding carboxylic acids is 2. The van der Waals surface area contributed by atoms with E-state index in [9.17, 15) is 9.59 Å². The lowest BCUT2D eigenvalue weighted by atomic mass is 10.0. The molecule has 0 saturated heterocycles. The molecule has 0 bridgehead atoms. The summed E-state index contributed by atoms with van der Waals surface area (Å²) in [4.78, 5) is 23.3. The van der Waals surface area contributed by atoms with Gasteiger partial charge in [-0.1, -0.05) is 31.2 Å². The fourth-order valence-corrected chi connectivity index (χ4v) is 1.69. The van der Waals surface area contributed by atoms with E-state index in [1.165, 1.54) is 5.56 Å². The molecule has 0 unspecified atom stereocenters. The van der Waals surface area contributed by atoms with Gasteiger partial charge in [-0.3, -0.25) is 9.59 Å². The van der Waals surface area contributed by atoms with E-state index in [1.807, 2.05) is 24.3 Å². The standard InChI is InChI=1S/C15H21NO3/c1-2-12-4-6-13(7-5-12)14(18)8-9-15(19)16-10-3-11-17/h4-7,17H,2-3,8-11H2,1H3,(H,16,19). The van der Waals surface area contributed by atoms with Crippen LogP contribution in [0.1, 0.15) is 42.1 Å². The molecule has 1 amide bonds. The summed E-state index contributed by atoms with van der Waals surface area (Å²) >= 11 is 0. The van der Waals surface area contributed by atoms with Crippen molar-refractivity contribution in [2.45, 2.75) is 32.6 Å². The summed E-state index contributed by atoms with van der Waals surface area (Å²) in [5.41, 5.74) is 1.85. The quantitative estimate of drug-likeness (QED) is 0.554. The van der Waals surface area contributed by atoms with Crippen molar-refractivity contribution in [2.24, 2.45) is 0 Å². The number of ketones is 1. The molecular formula is C15H21NO3. The second-order valence-corrected chi connectivity index (χ2v) is 4.40. The van der Waals surface area contributed by atoms with Crippen LogP contribution in [0.4, 0.5) is 0 Å². The minimum Gasteiger partial charge on any atom is -0.396 e. The molecule has 4 heteroatoms. The molecule has 0 atom stereocenters. The highest BCUT2D eigenvalue weighted by Crippen LogP contribution is 2.08. The van der Waals surface area contributed by atoms with Gasteiger partial charge in [-0.05, 0) is 18.4 Å². The van der Waals surface area contributed by atoms with Crippen LogP contribution in [-0.2, 0) is 11.2 Å². The number of carbonyl (C=O) groups is 2. The Bertz CT molecular complexity index is 412. The number of hydrogen-bond acceptors (Lipinski definition) is 3. The number of amides is 1. The minimum atomic E-state index is -0.146. The Morgan fingerprint density at radius 1 is 1.16 bits per heavy atom. The van der Waals surface area contributed by atoms with Gasteiger partial charge in [-0.2, -0.15) is 0 Å². The molecule has 1 aromatic rings. The average molecular weight is 263 g/mol. The van der Waals surface area contributed by atoms with E-state index in [1.54, 1.807) is 0 Å². The number of nitrogens with one attached hydrogen (secondary N) is 1. The molecule has 0 saturated carbocycles. The number of rotatable bonds is 8. The molecule has 1 rings (SSSR count). The van der Waals surface area contributed by atoms with Gasteiger partial charge in [-0.15, -0.1) is 0 Å². The van der Waals surface area contributed by atoms with Gasteiger partial charge in [0, 0.05) is 31.6 Å². The molecule has 0 aromatic heterocycles. The Balaban J connectivity index is 2.35. The molecular weight excluding hydrogens is 242 g/mol. The normalized spacial score (nSPS) is 10.2.